The monoisotopic (exact) mass is 1180 g/mol. The number of aromatic amines is 1. The number of carbonyl (C=O) groups excluding carboxylic acids is 11. The maximum atomic E-state index is 14.4. The fourth-order valence-corrected chi connectivity index (χ4v) is 9.86. The molecule has 4 heterocycles. The number of hydrogen-bond acceptors (Lipinski definition) is 16. The number of phenolic OH excluding ortho intramolecular Hbond substituents is 1. The molecule has 1 aromatic heterocycles. The van der Waals surface area contributed by atoms with Gasteiger partial charge in [-0.2, -0.15) is 0 Å². The van der Waals surface area contributed by atoms with Gasteiger partial charge in [0, 0.05) is 62.1 Å². The molecule has 2 fully saturated rings. The Labute approximate surface area is 488 Å². The second-order valence-corrected chi connectivity index (χ2v) is 21.2. The lowest BCUT2D eigenvalue weighted by atomic mass is 10.0. The summed E-state index contributed by atoms with van der Waals surface area (Å²) in [5.74, 6) is -8.87. The third-order valence-corrected chi connectivity index (χ3v) is 14.2. The first kappa shape index (κ1) is 64.7. The summed E-state index contributed by atoms with van der Waals surface area (Å²) < 4.78 is 0. The van der Waals surface area contributed by atoms with Crippen LogP contribution in [0, 0.1) is 5.92 Å². The number of nitrogens with two attached hydrogens (primary N) is 3. The molecule has 0 bridgehead atoms. The Kier molecular flexibility index (Phi) is 23.8. The van der Waals surface area contributed by atoms with E-state index < -0.39 is 133 Å². The van der Waals surface area contributed by atoms with E-state index in [1.54, 1.807) is 44.3 Å². The lowest BCUT2D eigenvalue weighted by Crippen LogP contribution is -2.60. The number of aliphatic hydroxyl groups is 1. The summed E-state index contributed by atoms with van der Waals surface area (Å²) in [4.78, 5) is 165. The Morgan fingerprint density at radius 3 is 2.08 bits per heavy atom. The molecule has 3 aromatic rings. The van der Waals surface area contributed by atoms with E-state index in [-0.39, 0.29) is 94.4 Å². The van der Waals surface area contributed by atoms with Crippen LogP contribution in [0.5, 0.6) is 5.75 Å². The van der Waals surface area contributed by atoms with Crippen molar-refractivity contribution in [2.45, 2.75) is 132 Å². The number of guanidine groups is 1. The molecule has 6 rings (SSSR count). The Morgan fingerprint density at radius 2 is 1.42 bits per heavy atom. The summed E-state index contributed by atoms with van der Waals surface area (Å²) in [7, 11) is 0. The topological polar surface area (TPSA) is 471 Å². The number of amides is 11. The number of nitrogens with zero attached hydrogens (tertiary/aromatic N) is 4. The highest BCUT2D eigenvalue weighted by molar-refractivity contribution is 5.99. The van der Waals surface area contributed by atoms with E-state index in [1.807, 2.05) is 0 Å². The van der Waals surface area contributed by atoms with Crippen molar-refractivity contribution in [2.75, 3.05) is 32.8 Å². The van der Waals surface area contributed by atoms with Crippen LogP contribution in [-0.4, -0.2) is 191 Å². The average molecular weight is 1180 g/mol. The van der Waals surface area contributed by atoms with Crippen molar-refractivity contribution in [2.24, 2.45) is 38.1 Å². The van der Waals surface area contributed by atoms with Gasteiger partial charge in [-0.1, -0.05) is 44.2 Å². The van der Waals surface area contributed by atoms with Crippen molar-refractivity contribution in [3.8, 4) is 5.75 Å². The minimum absolute atomic E-state index is 0.0153. The molecular formula is C55H75N17O13. The highest BCUT2D eigenvalue weighted by Crippen LogP contribution is 2.22. The number of rotatable bonds is 31. The van der Waals surface area contributed by atoms with Gasteiger partial charge < -0.3 is 85.1 Å². The first-order valence-electron chi connectivity index (χ1n) is 27.9. The molecule has 9 atom stereocenters. The normalized spacial score (nSPS) is 18.2. The van der Waals surface area contributed by atoms with E-state index in [9.17, 15) is 63.0 Å². The van der Waals surface area contributed by atoms with Crippen LogP contribution in [0.25, 0.3) is 10.9 Å². The molecule has 0 aliphatic carbocycles. The number of aliphatic imine (C=N–C) groups is 3. The van der Waals surface area contributed by atoms with Gasteiger partial charge in [-0.15, -0.1) is 0 Å². The number of H-pyrrole nitrogens is 1. The Morgan fingerprint density at radius 1 is 0.753 bits per heavy atom. The molecule has 18 N–H and O–H groups in total. The molecule has 30 nitrogen and oxygen atoms in total. The van der Waals surface area contributed by atoms with Crippen LogP contribution in [-0.2, 0) is 65.6 Å². The Hall–Kier alpha value is -9.48. The van der Waals surface area contributed by atoms with Gasteiger partial charge in [-0.05, 0) is 73.8 Å². The Balaban J connectivity index is 1.16. The van der Waals surface area contributed by atoms with Crippen LogP contribution in [0.2, 0.25) is 0 Å². The standard InChI is InChI=1S/C55H75N17O13/c1-29(2)19-38(49(80)67-37(9-5-17-60-55(57)58)54(85)72-18-6-10-43(72)53(84)62-25-44(56)75)66-46(77)26-63-47(78)39(20-30-11-13-33(74)14-12-30)68-52(83)42(27-73)71-50(81)40(21-31-23-61-35-8-4-3-7-34(31)35)69-51(82)41(22-32-24-59-28-64-32)70-48(79)36-15-16-45(76)65-36/h3-4,7-8,11-14,23-24,28-29,32,36-43,61,73-74H,5-6,9-10,15-22,25-27H2,1-2H3,(H2,56,75)(H,62,84)(H,63,78)(H,65,76)(H,66,77)(H,67,80)(H,68,83)(H,69,82)(H,70,79)(H,71,81)(H4,57,58,60)/t32?,36-,37-,38-,39-,40-,41-,42-,43-/m0/s1. The molecule has 0 spiro atoms. The summed E-state index contributed by atoms with van der Waals surface area (Å²) in [5, 5.41) is 44.5. The van der Waals surface area contributed by atoms with Crippen molar-refractivity contribution < 1.29 is 63.0 Å². The molecule has 3 aliphatic rings. The van der Waals surface area contributed by atoms with Gasteiger partial charge in [0.15, 0.2) is 5.96 Å². The van der Waals surface area contributed by atoms with Gasteiger partial charge in [-0.3, -0.25) is 62.7 Å². The number of aliphatic hydroxyl groups excluding tert-OH is 1. The number of para-hydroxylation sites is 1. The molecule has 458 valence electrons. The van der Waals surface area contributed by atoms with Gasteiger partial charge in [0.1, 0.15) is 60.4 Å². The molecule has 30 heteroatoms. The predicted octanol–water partition coefficient (Wildman–Crippen LogP) is -4.48. The summed E-state index contributed by atoms with van der Waals surface area (Å²) in [6, 6.07) is 1.74. The molecule has 3 aliphatic heterocycles. The van der Waals surface area contributed by atoms with Crippen molar-refractivity contribution in [1.82, 2.24) is 57.7 Å². The molecule has 0 radical (unpaired) electrons. The van der Waals surface area contributed by atoms with E-state index in [0.29, 0.717) is 28.5 Å². The van der Waals surface area contributed by atoms with E-state index in [2.05, 4.69) is 67.8 Å². The van der Waals surface area contributed by atoms with Gasteiger partial charge in [0.05, 0.1) is 25.7 Å². The maximum Gasteiger partial charge on any atom is 0.245 e. The number of hydrogen-bond donors (Lipinski definition) is 15. The number of fused-ring (bicyclic) bond motifs is 1. The number of aromatic nitrogens is 1. The van der Waals surface area contributed by atoms with Crippen molar-refractivity contribution in [1.29, 1.82) is 0 Å². The van der Waals surface area contributed by atoms with Crippen molar-refractivity contribution in [3.63, 3.8) is 0 Å². The third-order valence-electron chi connectivity index (χ3n) is 14.2. The van der Waals surface area contributed by atoms with Gasteiger partial charge in [0.25, 0.3) is 0 Å². The number of phenols is 1. The van der Waals surface area contributed by atoms with Crippen LogP contribution in [0.4, 0.5) is 0 Å². The smallest absolute Gasteiger partial charge is 0.245 e. The number of primary amides is 1. The van der Waals surface area contributed by atoms with E-state index >= 15 is 0 Å². The van der Waals surface area contributed by atoms with Crippen LogP contribution >= 0.6 is 0 Å². The number of aromatic hydroxyl groups is 1. The fraction of sp³-hybridized carbons (Fsp3) is 0.491. The highest BCUT2D eigenvalue weighted by Gasteiger charge is 2.39. The molecule has 2 saturated heterocycles. The first-order chi connectivity index (χ1) is 40.6. The summed E-state index contributed by atoms with van der Waals surface area (Å²) in [5.41, 5.74) is 17.9. The zero-order chi connectivity index (χ0) is 61.7. The van der Waals surface area contributed by atoms with E-state index in [4.69, 9.17) is 17.2 Å². The molecule has 0 saturated carbocycles. The molecule has 2 aromatic carbocycles. The minimum atomic E-state index is -1.76. The van der Waals surface area contributed by atoms with Gasteiger partial charge >= 0.3 is 0 Å². The molecular weight excluding hydrogens is 1110 g/mol. The maximum absolute atomic E-state index is 14.4. The second kappa shape index (κ2) is 31.3. The summed E-state index contributed by atoms with van der Waals surface area (Å²) >= 11 is 0. The minimum Gasteiger partial charge on any atom is -0.508 e. The van der Waals surface area contributed by atoms with Crippen LogP contribution < -0.4 is 65.1 Å². The summed E-state index contributed by atoms with van der Waals surface area (Å²) in [6.07, 6.45) is 5.21. The van der Waals surface area contributed by atoms with Crippen molar-refractivity contribution in [3.05, 3.63) is 65.9 Å². The average Bonchev–Trinajstić information content (AvgIpc) is 4.32. The largest absolute Gasteiger partial charge is 0.508 e. The quantitative estimate of drug-likeness (QED) is 0.0164. The Bertz CT molecular complexity index is 3000. The van der Waals surface area contributed by atoms with Gasteiger partial charge in [-0.25, -0.2) is 4.99 Å². The zero-order valence-electron chi connectivity index (χ0n) is 47.1. The third kappa shape index (κ3) is 19.6. The zero-order valence-corrected chi connectivity index (χ0v) is 47.1. The second-order valence-electron chi connectivity index (χ2n) is 21.2. The molecule has 85 heavy (non-hydrogen) atoms. The number of nitrogens with one attached hydrogen (secondary N) is 10. The molecule has 11 amide bonds. The fourth-order valence-electron chi connectivity index (χ4n) is 9.86. The van der Waals surface area contributed by atoms with Crippen LogP contribution in [0.1, 0.15) is 76.3 Å². The number of likely N-dealkylation sites (tertiary alicyclic amines) is 1. The van der Waals surface area contributed by atoms with E-state index in [0.717, 1.165) is 0 Å². The van der Waals surface area contributed by atoms with Crippen LogP contribution in [0.15, 0.2) is 69.7 Å². The van der Waals surface area contributed by atoms with Crippen LogP contribution in [0.3, 0.4) is 0 Å². The highest BCUT2D eigenvalue weighted by atomic mass is 16.3. The SMILES string of the molecule is CC(C)C[C@H](NC(=O)CNC(=O)[C@H](Cc1ccc(O)cc1)NC(=O)[C@H](CO)NC(=O)[C@H](Cc1c[nH]c2ccccc12)NC(=O)[C@H](CC1C=NC=N1)NC(=O)[C@@H]1CCC(=O)N1)C(=O)N[C@@H](CCCN=C(N)N)C(=O)N1CCC[C@H]1C(=O)NCC(N)=O. The lowest BCUT2D eigenvalue weighted by molar-refractivity contribution is -0.142. The number of carbonyl (C=O) groups is 11. The number of benzene rings is 2. The predicted molar refractivity (Wildman–Crippen MR) is 308 cm³/mol. The van der Waals surface area contributed by atoms with E-state index in [1.165, 1.54) is 41.7 Å². The molecule has 1 unspecified atom stereocenters. The van der Waals surface area contributed by atoms with Gasteiger partial charge in [0.2, 0.25) is 65.0 Å². The summed E-state index contributed by atoms with van der Waals surface area (Å²) in [6.45, 7) is 1.62. The van der Waals surface area contributed by atoms with Crippen molar-refractivity contribution >= 4 is 94.4 Å². The lowest BCUT2D eigenvalue weighted by Gasteiger charge is -2.30. The first-order valence-corrected chi connectivity index (χ1v) is 27.9.